The number of hydrogen-bond acceptors (Lipinski definition) is 2. The molecule has 0 heterocycles. The average Bonchev–Trinajstić information content (AvgIpc) is 3.13. The van der Waals surface area contributed by atoms with Crippen molar-refractivity contribution in [2.24, 2.45) is 5.92 Å². The third-order valence-electron chi connectivity index (χ3n) is 3.47. The van der Waals surface area contributed by atoms with Crippen molar-refractivity contribution in [3.8, 4) is 0 Å². The van der Waals surface area contributed by atoms with E-state index in [1.807, 2.05) is 12.1 Å². The van der Waals surface area contributed by atoms with Crippen LogP contribution in [0.4, 0.5) is 0 Å². The van der Waals surface area contributed by atoms with E-state index in [-0.39, 0.29) is 6.61 Å². The largest absolute Gasteiger partial charge is 0.396 e. The van der Waals surface area contributed by atoms with Crippen molar-refractivity contribution in [1.82, 2.24) is 5.32 Å². The Morgan fingerprint density at radius 3 is 2.53 bits per heavy atom. The highest BCUT2D eigenvalue weighted by molar-refractivity contribution is 6.30. The van der Waals surface area contributed by atoms with E-state index >= 15 is 0 Å². The summed E-state index contributed by atoms with van der Waals surface area (Å²) in [5, 5.41) is 13.5. The van der Waals surface area contributed by atoms with Gasteiger partial charge in [0.15, 0.2) is 0 Å². The fourth-order valence-corrected chi connectivity index (χ4v) is 2.39. The quantitative estimate of drug-likeness (QED) is 0.816. The molecule has 2 rings (SSSR count). The van der Waals surface area contributed by atoms with E-state index < -0.39 is 0 Å². The molecular formula is C14H20ClNO. The van der Waals surface area contributed by atoms with Gasteiger partial charge in [-0.25, -0.2) is 0 Å². The summed E-state index contributed by atoms with van der Waals surface area (Å²) in [6, 6.07) is 8.72. The molecule has 2 unspecified atom stereocenters. The minimum atomic E-state index is 0.265. The van der Waals surface area contributed by atoms with Gasteiger partial charge in [-0.1, -0.05) is 23.7 Å². The molecule has 0 amide bonds. The van der Waals surface area contributed by atoms with Crippen LogP contribution < -0.4 is 5.32 Å². The number of benzene rings is 1. The second-order valence-electron chi connectivity index (χ2n) is 4.90. The molecule has 0 spiro atoms. The van der Waals surface area contributed by atoms with Crippen LogP contribution in [0.2, 0.25) is 5.02 Å². The first-order valence-corrected chi connectivity index (χ1v) is 6.71. The van der Waals surface area contributed by atoms with Crippen molar-refractivity contribution in [3.05, 3.63) is 34.9 Å². The maximum Gasteiger partial charge on any atom is 0.0445 e. The normalized spacial score (nSPS) is 19.0. The Morgan fingerprint density at radius 1 is 1.35 bits per heavy atom. The first kappa shape index (κ1) is 12.9. The van der Waals surface area contributed by atoms with Gasteiger partial charge < -0.3 is 10.4 Å². The van der Waals surface area contributed by atoms with Gasteiger partial charge in [-0.3, -0.25) is 0 Å². The molecule has 2 nitrogen and oxygen atoms in total. The molecule has 1 aliphatic rings. The van der Waals surface area contributed by atoms with Crippen molar-refractivity contribution in [2.75, 3.05) is 6.61 Å². The van der Waals surface area contributed by atoms with Crippen LogP contribution in [0.1, 0.15) is 37.8 Å². The van der Waals surface area contributed by atoms with Crippen LogP contribution in [-0.4, -0.2) is 17.8 Å². The zero-order valence-corrected chi connectivity index (χ0v) is 11.0. The molecular weight excluding hydrogens is 234 g/mol. The van der Waals surface area contributed by atoms with Gasteiger partial charge in [0.05, 0.1) is 0 Å². The van der Waals surface area contributed by atoms with Crippen LogP contribution in [0.25, 0.3) is 0 Å². The van der Waals surface area contributed by atoms with Crippen molar-refractivity contribution < 1.29 is 5.11 Å². The average molecular weight is 254 g/mol. The van der Waals surface area contributed by atoms with E-state index in [0.29, 0.717) is 12.1 Å². The van der Waals surface area contributed by atoms with Gasteiger partial charge in [-0.15, -0.1) is 0 Å². The summed E-state index contributed by atoms with van der Waals surface area (Å²) >= 11 is 5.88. The van der Waals surface area contributed by atoms with Gasteiger partial charge in [-0.2, -0.15) is 0 Å². The number of aliphatic hydroxyl groups excluding tert-OH is 1. The maximum atomic E-state index is 9.08. The van der Waals surface area contributed by atoms with Gasteiger partial charge >= 0.3 is 0 Å². The smallest absolute Gasteiger partial charge is 0.0445 e. The molecule has 1 fully saturated rings. The van der Waals surface area contributed by atoms with Crippen LogP contribution in [0, 0.1) is 5.92 Å². The zero-order chi connectivity index (χ0) is 12.3. The van der Waals surface area contributed by atoms with Gasteiger partial charge in [0.1, 0.15) is 0 Å². The molecule has 3 heteroatoms. The lowest BCUT2D eigenvalue weighted by atomic mass is 10.0. The molecule has 0 saturated heterocycles. The van der Waals surface area contributed by atoms with E-state index in [2.05, 4.69) is 24.4 Å². The lowest BCUT2D eigenvalue weighted by molar-refractivity contribution is 0.250. The second-order valence-corrected chi connectivity index (χ2v) is 5.33. The maximum absolute atomic E-state index is 9.08. The van der Waals surface area contributed by atoms with Crippen molar-refractivity contribution >= 4 is 11.6 Å². The van der Waals surface area contributed by atoms with Crippen LogP contribution in [-0.2, 0) is 0 Å². The lowest BCUT2D eigenvalue weighted by Crippen LogP contribution is -2.34. The fraction of sp³-hybridized carbons (Fsp3) is 0.571. The van der Waals surface area contributed by atoms with Crippen molar-refractivity contribution in [3.63, 3.8) is 0 Å². The fourth-order valence-electron chi connectivity index (χ4n) is 2.26. The summed E-state index contributed by atoms with van der Waals surface area (Å²) in [6.07, 6.45) is 3.44. The first-order valence-electron chi connectivity index (χ1n) is 6.33. The molecule has 0 aliphatic heterocycles. The molecule has 1 saturated carbocycles. The topological polar surface area (TPSA) is 32.3 Å². The molecule has 1 aliphatic carbocycles. The molecule has 0 bridgehead atoms. The third kappa shape index (κ3) is 3.70. The van der Waals surface area contributed by atoms with Crippen LogP contribution >= 0.6 is 11.6 Å². The predicted octanol–water partition coefficient (Wildman–Crippen LogP) is 3.15. The van der Waals surface area contributed by atoms with Crippen molar-refractivity contribution in [1.29, 1.82) is 0 Å². The summed E-state index contributed by atoms with van der Waals surface area (Å²) in [4.78, 5) is 0. The van der Waals surface area contributed by atoms with Gasteiger partial charge in [0.2, 0.25) is 0 Å². The van der Waals surface area contributed by atoms with Gasteiger partial charge in [-0.05, 0) is 49.8 Å². The van der Waals surface area contributed by atoms with Crippen molar-refractivity contribution in [2.45, 2.75) is 38.3 Å². The predicted molar refractivity (Wildman–Crippen MR) is 71.2 cm³/mol. The van der Waals surface area contributed by atoms with Gasteiger partial charge in [0, 0.05) is 23.7 Å². The van der Waals surface area contributed by atoms with E-state index in [1.54, 1.807) is 0 Å². The van der Waals surface area contributed by atoms with E-state index in [4.69, 9.17) is 16.7 Å². The molecule has 0 aromatic heterocycles. The summed E-state index contributed by atoms with van der Waals surface area (Å²) in [7, 11) is 0. The standard InChI is InChI=1S/C14H20ClNO/c1-10(11-4-6-13(15)7-5-11)16-14(8-9-17)12-2-3-12/h4-7,10,12,14,16-17H,2-3,8-9H2,1H3. The number of hydrogen-bond donors (Lipinski definition) is 2. The van der Waals surface area contributed by atoms with E-state index in [0.717, 1.165) is 17.4 Å². The van der Waals surface area contributed by atoms with Crippen LogP contribution in [0.5, 0.6) is 0 Å². The highest BCUT2D eigenvalue weighted by Crippen LogP contribution is 2.35. The molecule has 2 atom stereocenters. The third-order valence-corrected chi connectivity index (χ3v) is 3.72. The lowest BCUT2D eigenvalue weighted by Gasteiger charge is -2.23. The molecule has 17 heavy (non-hydrogen) atoms. The monoisotopic (exact) mass is 253 g/mol. The van der Waals surface area contributed by atoms with Gasteiger partial charge in [0.25, 0.3) is 0 Å². The Labute approximate surface area is 108 Å². The molecule has 1 aromatic carbocycles. The Hall–Kier alpha value is -0.570. The summed E-state index contributed by atoms with van der Waals surface area (Å²) in [5.74, 6) is 0.761. The Kier molecular flexibility index (Phi) is 4.43. The molecule has 0 radical (unpaired) electrons. The number of halogens is 1. The molecule has 1 aromatic rings. The number of rotatable bonds is 6. The van der Waals surface area contributed by atoms with Crippen LogP contribution in [0.3, 0.4) is 0 Å². The minimum absolute atomic E-state index is 0.265. The Balaban J connectivity index is 1.94. The summed E-state index contributed by atoms with van der Waals surface area (Å²) in [5.41, 5.74) is 1.25. The Morgan fingerprint density at radius 2 is 2.00 bits per heavy atom. The summed E-state index contributed by atoms with van der Waals surface area (Å²) in [6.45, 7) is 2.43. The summed E-state index contributed by atoms with van der Waals surface area (Å²) < 4.78 is 0. The van der Waals surface area contributed by atoms with Crippen LogP contribution in [0.15, 0.2) is 24.3 Å². The molecule has 2 N–H and O–H groups in total. The first-order chi connectivity index (χ1) is 8.20. The number of aliphatic hydroxyl groups is 1. The van der Waals surface area contributed by atoms with E-state index in [9.17, 15) is 0 Å². The SMILES string of the molecule is CC(NC(CCO)C1CC1)c1ccc(Cl)cc1. The highest BCUT2D eigenvalue weighted by Gasteiger charge is 2.31. The Bertz CT molecular complexity index is 348. The minimum Gasteiger partial charge on any atom is -0.396 e. The highest BCUT2D eigenvalue weighted by atomic mass is 35.5. The molecule has 94 valence electrons. The number of nitrogens with one attached hydrogen (secondary N) is 1. The van der Waals surface area contributed by atoms with E-state index in [1.165, 1.54) is 18.4 Å². The zero-order valence-electron chi connectivity index (χ0n) is 10.2. The second kappa shape index (κ2) is 5.85.